The van der Waals surface area contributed by atoms with Crippen LogP contribution in [0.25, 0.3) is 0 Å². The van der Waals surface area contributed by atoms with Crippen molar-refractivity contribution in [2.45, 2.75) is 13.8 Å². The minimum atomic E-state index is 0.441. The van der Waals surface area contributed by atoms with Crippen LogP contribution in [0, 0.1) is 17.4 Å². The standard InChI is InChI=1S/C16H23IO5/c1-12-10-15(17)16(13(2)14(12)11-18)22-9-8-21-7-6-20-5-4-19-3/h10-11H,4-9H2,1-3H3. The summed E-state index contributed by atoms with van der Waals surface area (Å²) in [7, 11) is 1.64. The van der Waals surface area contributed by atoms with Gasteiger partial charge in [-0.25, -0.2) is 0 Å². The second-order valence-corrected chi connectivity index (χ2v) is 5.89. The molecular weight excluding hydrogens is 399 g/mol. The van der Waals surface area contributed by atoms with Gasteiger partial charge in [0, 0.05) is 18.2 Å². The van der Waals surface area contributed by atoms with Crippen molar-refractivity contribution in [1.29, 1.82) is 0 Å². The molecular formula is C16H23IO5. The average molecular weight is 422 g/mol. The topological polar surface area (TPSA) is 54.0 Å². The second kappa shape index (κ2) is 10.9. The Bertz CT molecular complexity index is 476. The number of aryl methyl sites for hydroxylation is 1. The summed E-state index contributed by atoms with van der Waals surface area (Å²) in [5.41, 5.74) is 2.54. The molecule has 6 heteroatoms. The molecule has 0 spiro atoms. The molecule has 0 amide bonds. The number of hydrogen-bond acceptors (Lipinski definition) is 5. The Morgan fingerprint density at radius 3 is 2.23 bits per heavy atom. The lowest BCUT2D eigenvalue weighted by molar-refractivity contribution is 0.0178. The zero-order valence-corrected chi connectivity index (χ0v) is 15.5. The molecule has 1 aromatic carbocycles. The molecule has 0 heterocycles. The van der Waals surface area contributed by atoms with Crippen LogP contribution in [0.5, 0.6) is 5.75 Å². The van der Waals surface area contributed by atoms with E-state index in [2.05, 4.69) is 22.6 Å². The van der Waals surface area contributed by atoms with Gasteiger partial charge in [-0.1, -0.05) is 0 Å². The molecule has 124 valence electrons. The highest BCUT2D eigenvalue weighted by Gasteiger charge is 2.12. The first-order valence-electron chi connectivity index (χ1n) is 7.14. The third-order valence-electron chi connectivity index (χ3n) is 3.13. The minimum absolute atomic E-state index is 0.441. The van der Waals surface area contributed by atoms with Crippen molar-refractivity contribution in [2.75, 3.05) is 46.8 Å². The van der Waals surface area contributed by atoms with Crippen LogP contribution in [0.4, 0.5) is 0 Å². The van der Waals surface area contributed by atoms with Crippen LogP contribution in [-0.4, -0.2) is 53.0 Å². The molecule has 0 aromatic heterocycles. The first-order chi connectivity index (χ1) is 10.6. The van der Waals surface area contributed by atoms with Crippen LogP contribution in [0.15, 0.2) is 6.07 Å². The maximum absolute atomic E-state index is 11.1. The maximum atomic E-state index is 11.1. The van der Waals surface area contributed by atoms with Crippen LogP contribution in [0.1, 0.15) is 21.5 Å². The predicted octanol–water partition coefficient (Wildman–Crippen LogP) is 2.78. The van der Waals surface area contributed by atoms with Gasteiger partial charge in [-0.05, 0) is 48.1 Å². The quantitative estimate of drug-likeness (QED) is 0.312. The number of aldehydes is 1. The number of rotatable bonds is 11. The maximum Gasteiger partial charge on any atom is 0.150 e. The fourth-order valence-electron chi connectivity index (χ4n) is 1.96. The molecule has 0 bridgehead atoms. The lowest BCUT2D eigenvalue weighted by Gasteiger charge is -2.14. The number of halogens is 1. The molecule has 0 aliphatic rings. The van der Waals surface area contributed by atoms with Gasteiger partial charge in [0.25, 0.3) is 0 Å². The summed E-state index contributed by atoms with van der Waals surface area (Å²) < 4.78 is 22.4. The molecule has 0 atom stereocenters. The van der Waals surface area contributed by atoms with Crippen molar-refractivity contribution >= 4 is 28.9 Å². The summed E-state index contributed by atoms with van der Waals surface area (Å²) in [5, 5.41) is 0. The lowest BCUT2D eigenvalue weighted by Crippen LogP contribution is -2.13. The molecule has 0 saturated heterocycles. The third kappa shape index (κ3) is 6.20. The highest BCUT2D eigenvalue weighted by molar-refractivity contribution is 14.1. The normalized spacial score (nSPS) is 10.7. The minimum Gasteiger partial charge on any atom is -0.490 e. The zero-order valence-electron chi connectivity index (χ0n) is 13.3. The molecule has 0 aliphatic heterocycles. The average Bonchev–Trinajstić information content (AvgIpc) is 2.48. The molecule has 0 N–H and O–H groups in total. The van der Waals surface area contributed by atoms with Gasteiger partial charge in [0.1, 0.15) is 12.4 Å². The number of ether oxygens (including phenoxy) is 4. The van der Waals surface area contributed by atoms with Crippen molar-refractivity contribution in [1.82, 2.24) is 0 Å². The smallest absolute Gasteiger partial charge is 0.150 e. The van der Waals surface area contributed by atoms with E-state index < -0.39 is 0 Å². The molecule has 5 nitrogen and oxygen atoms in total. The van der Waals surface area contributed by atoms with E-state index >= 15 is 0 Å². The molecule has 0 fully saturated rings. The summed E-state index contributed by atoms with van der Waals surface area (Å²) in [6, 6.07) is 1.96. The van der Waals surface area contributed by atoms with Crippen LogP contribution in [0.3, 0.4) is 0 Å². The summed E-state index contributed by atoms with van der Waals surface area (Å²) in [6.45, 7) is 6.98. The van der Waals surface area contributed by atoms with Crippen molar-refractivity contribution in [3.8, 4) is 5.75 Å². The first-order valence-corrected chi connectivity index (χ1v) is 8.21. The van der Waals surface area contributed by atoms with E-state index in [0.29, 0.717) is 45.2 Å². The van der Waals surface area contributed by atoms with Crippen LogP contribution in [0.2, 0.25) is 0 Å². The largest absolute Gasteiger partial charge is 0.490 e. The fraction of sp³-hybridized carbons (Fsp3) is 0.562. The number of benzene rings is 1. The van der Waals surface area contributed by atoms with Crippen molar-refractivity contribution in [2.24, 2.45) is 0 Å². The van der Waals surface area contributed by atoms with Crippen LogP contribution in [-0.2, 0) is 14.2 Å². The van der Waals surface area contributed by atoms with Crippen molar-refractivity contribution in [3.63, 3.8) is 0 Å². The molecule has 0 aliphatic carbocycles. The highest BCUT2D eigenvalue weighted by atomic mass is 127. The monoisotopic (exact) mass is 422 g/mol. The Kier molecular flexibility index (Phi) is 9.61. The SMILES string of the molecule is COCCOCCOCCOc1c(I)cc(C)c(C=O)c1C. The summed E-state index contributed by atoms with van der Waals surface area (Å²) in [5.74, 6) is 0.758. The Hall–Kier alpha value is -0.700. The summed E-state index contributed by atoms with van der Waals surface area (Å²) in [6.07, 6.45) is 0.876. The van der Waals surface area contributed by atoms with E-state index in [1.807, 2.05) is 19.9 Å². The van der Waals surface area contributed by atoms with Crippen molar-refractivity contribution < 1.29 is 23.7 Å². The van der Waals surface area contributed by atoms with Gasteiger partial charge in [0.05, 0.1) is 36.6 Å². The number of hydrogen-bond donors (Lipinski definition) is 0. The Balaban J connectivity index is 2.32. The molecule has 22 heavy (non-hydrogen) atoms. The second-order valence-electron chi connectivity index (χ2n) is 4.73. The van der Waals surface area contributed by atoms with Gasteiger partial charge in [0.15, 0.2) is 6.29 Å². The lowest BCUT2D eigenvalue weighted by atomic mass is 10.0. The Labute approximate surface area is 145 Å². The molecule has 0 radical (unpaired) electrons. The number of methoxy groups -OCH3 is 1. The predicted molar refractivity (Wildman–Crippen MR) is 93.0 cm³/mol. The van der Waals surface area contributed by atoms with Crippen LogP contribution < -0.4 is 4.74 Å². The first kappa shape index (κ1) is 19.3. The van der Waals surface area contributed by atoms with Gasteiger partial charge in [-0.15, -0.1) is 0 Å². The van der Waals surface area contributed by atoms with E-state index in [1.165, 1.54) is 0 Å². The Morgan fingerprint density at radius 1 is 1.05 bits per heavy atom. The van der Waals surface area contributed by atoms with E-state index in [1.54, 1.807) is 7.11 Å². The summed E-state index contributed by atoms with van der Waals surface area (Å²) >= 11 is 2.22. The Morgan fingerprint density at radius 2 is 1.64 bits per heavy atom. The number of carbonyl (C=O) groups is 1. The van der Waals surface area contributed by atoms with Gasteiger partial charge in [0.2, 0.25) is 0 Å². The van der Waals surface area contributed by atoms with Gasteiger partial charge in [-0.3, -0.25) is 4.79 Å². The molecule has 0 unspecified atom stereocenters. The summed E-state index contributed by atoms with van der Waals surface area (Å²) in [4.78, 5) is 11.1. The molecule has 1 aromatic rings. The van der Waals surface area contributed by atoms with Gasteiger partial charge < -0.3 is 18.9 Å². The zero-order chi connectivity index (χ0) is 16.4. The van der Waals surface area contributed by atoms with E-state index in [0.717, 1.165) is 26.7 Å². The van der Waals surface area contributed by atoms with Crippen molar-refractivity contribution in [3.05, 3.63) is 26.3 Å². The van der Waals surface area contributed by atoms with Crippen LogP contribution >= 0.6 is 22.6 Å². The van der Waals surface area contributed by atoms with E-state index in [4.69, 9.17) is 18.9 Å². The number of carbonyl (C=O) groups excluding carboxylic acids is 1. The van der Waals surface area contributed by atoms with E-state index in [9.17, 15) is 4.79 Å². The highest BCUT2D eigenvalue weighted by Crippen LogP contribution is 2.29. The van der Waals surface area contributed by atoms with Gasteiger partial charge in [-0.2, -0.15) is 0 Å². The molecule has 1 rings (SSSR count). The molecule has 0 saturated carbocycles. The fourth-order valence-corrected chi connectivity index (χ4v) is 2.98. The third-order valence-corrected chi connectivity index (χ3v) is 3.93. The van der Waals surface area contributed by atoms with E-state index in [-0.39, 0.29) is 0 Å². The van der Waals surface area contributed by atoms with Gasteiger partial charge >= 0.3 is 0 Å².